The Labute approximate surface area is 113 Å². The summed E-state index contributed by atoms with van der Waals surface area (Å²) in [6.07, 6.45) is 12.9. The molecule has 19 heavy (non-hydrogen) atoms. The number of hydrogen-bond acceptors (Lipinski definition) is 3. The Kier molecular flexibility index (Phi) is 4.69. The molecule has 2 atom stereocenters. The molecule has 0 saturated carbocycles. The molecule has 0 aliphatic heterocycles. The lowest BCUT2D eigenvalue weighted by atomic mass is 10.2. The highest BCUT2D eigenvalue weighted by molar-refractivity contribution is 4.88. The minimum Gasteiger partial charge on any atom is -0.273 e. The van der Waals surface area contributed by atoms with E-state index in [0.717, 1.165) is 12.8 Å². The molecule has 0 aliphatic rings. The molecule has 5 nitrogen and oxygen atoms in total. The van der Waals surface area contributed by atoms with Crippen LogP contribution in [0.3, 0.4) is 0 Å². The molecular weight excluding hydrogens is 238 g/mol. The molecule has 0 radical (unpaired) electrons. The zero-order valence-corrected chi connectivity index (χ0v) is 10.9. The van der Waals surface area contributed by atoms with E-state index in [4.69, 9.17) is 0 Å². The fourth-order valence-electron chi connectivity index (χ4n) is 1.97. The first-order chi connectivity index (χ1) is 9.35. The van der Waals surface area contributed by atoms with Crippen LogP contribution in [0.4, 0.5) is 0 Å². The Morgan fingerprint density at radius 3 is 1.74 bits per heavy atom. The molecule has 0 amide bonds. The van der Waals surface area contributed by atoms with Gasteiger partial charge in [0.1, 0.15) is 12.3 Å². The molecule has 2 aromatic heterocycles. The van der Waals surface area contributed by atoms with Crippen LogP contribution >= 0.6 is 0 Å². The maximum atomic E-state index is 4.28. The van der Waals surface area contributed by atoms with Gasteiger partial charge in [-0.2, -0.15) is 10.2 Å². The van der Waals surface area contributed by atoms with Crippen LogP contribution in [0.1, 0.15) is 25.2 Å². The second-order valence-corrected chi connectivity index (χ2v) is 4.22. The fourth-order valence-corrected chi connectivity index (χ4v) is 1.97. The van der Waals surface area contributed by atoms with Gasteiger partial charge in [0.2, 0.25) is 0 Å². The first kappa shape index (κ1) is 13.3. The van der Waals surface area contributed by atoms with Gasteiger partial charge in [0.05, 0.1) is 0 Å². The van der Waals surface area contributed by atoms with E-state index in [1.165, 1.54) is 0 Å². The van der Waals surface area contributed by atoms with Gasteiger partial charge >= 0.3 is 0 Å². The highest BCUT2D eigenvalue weighted by atomic mass is 15.4. The van der Waals surface area contributed by atoms with Crippen molar-refractivity contribution >= 4 is 0 Å². The van der Waals surface area contributed by atoms with E-state index in [1.54, 1.807) is 12.4 Å². The van der Waals surface area contributed by atoms with Gasteiger partial charge in [-0.05, 0) is 12.1 Å². The van der Waals surface area contributed by atoms with Crippen LogP contribution in [0.5, 0.6) is 0 Å². The van der Waals surface area contributed by atoms with Gasteiger partial charge in [-0.3, -0.25) is 14.7 Å². The molecule has 0 spiro atoms. The third-order valence-corrected chi connectivity index (χ3v) is 2.85. The van der Waals surface area contributed by atoms with Crippen molar-refractivity contribution in [1.82, 2.24) is 24.9 Å². The van der Waals surface area contributed by atoms with Crippen molar-refractivity contribution in [3.8, 4) is 0 Å². The predicted molar refractivity (Wildman–Crippen MR) is 75.3 cm³/mol. The minimum absolute atomic E-state index is 0.0571. The molecule has 2 aromatic rings. The quantitative estimate of drug-likeness (QED) is 0.739. The molecule has 100 valence electrons. The summed E-state index contributed by atoms with van der Waals surface area (Å²) in [4.78, 5) is 0. The fraction of sp³-hybridized carbons (Fsp3) is 0.286. The van der Waals surface area contributed by atoms with Crippen molar-refractivity contribution in [1.29, 1.82) is 0 Å². The zero-order chi connectivity index (χ0) is 13.5. The van der Waals surface area contributed by atoms with Crippen molar-refractivity contribution in [2.75, 3.05) is 0 Å². The Morgan fingerprint density at radius 2 is 1.42 bits per heavy atom. The first-order valence-corrected chi connectivity index (χ1v) is 6.31. The monoisotopic (exact) mass is 257 g/mol. The van der Waals surface area contributed by atoms with Crippen LogP contribution in [0.2, 0.25) is 0 Å². The van der Waals surface area contributed by atoms with E-state index in [2.05, 4.69) is 28.7 Å². The molecule has 2 unspecified atom stereocenters. The van der Waals surface area contributed by atoms with Crippen LogP contribution in [-0.4, -0.2) is 19.6 Å². The second kappa shape index (κ2) is 6.70. The van der Waals surface area contributed by atoms with Crippen LogP contribution < -0.4 is 5.32 Å². The smallest absolute Gasteiger partial charge is 0.106 e. The van der Waals surface area contributed by atoms with Gasteiger partial charge in [-0.15, -0.1) is 13.2 Å². The Bertz CT molecular complexity index is 440. The Morgan fingerprint density at radius 1 is 0.947 bits per heavy atom. The Balaban J connectivity index is 2.13. The average molecular weight is 257 g/mol. The summed E-state index contributed by atoms with van der Waals surface area (Å²) in [7, 11) is 0. The van der Waals surface area contributed by atoms with E-state index >= 15 is 0 Å². The molecule has 2 rings (SSSR count). The molecule has 0 fully saturated rings. The molecule has 2 heterocycles. The third-order valence-electron chi connectivity index (χ3n) is 2.85. The molecule has 1 N–H and O–H groups in total. The van der Waals surface area contributed by atoms with Gasteiger partial charge in [-0.25, -0.2) is 0 Å². The number of nitrogens with one attached hydrogen (secondary N) is 1. The number of aromatic nitrogens is 4. The third kappa shape index (κ3) is 3.42. The number of nitrogens with zero attached hydrogens (tertiary/aromatic N) is 4. The highest BCUT2D eigenvalue weighted by Crippen LogP contribution is 2.15. The summed E-state index contributed by atoms with van der Waals surface area (Å²) in [6.45, 7) is 7.61. The topological polar surface area (TPSA) is 47.7 Å². The lowest BCUT2D eigenvalue weighted by molar-refractivity contribution is 0.264. The van der Waals surface area contributed by atoms with Gasteiger partial charge < -0.3 is 0 Å². The lowest BCUT2D eigenvalue weighted by Gasteiger charge is -2.25. The molecule has 0 aromatic carbocycles. The van der Waals surface area contributed by atoms with Crippen molar-refractivity contribution < 1.29 is 0 Å². The van der Waals surface area contributed by atoms with E-state index in [1.807, 2.05) is 46.0 Å². The minimum atomic E-state index is 0.0571. The van der Waals surface area contributed by atoms with E-state index in [0.29, 0.717) is 0 Å². The lowest BCUT2D eigenvalue weighted by Crippen LogP contribution is -2.34. The number of hydrogen-bond donors (Lipinski definition) is 1. The van der Waals surface area contributed by atoms with E-state index < -0.39 is 0 Å². The van der Waals surface area contributed by atoms with Crippen LogP contribution in [0, 0.1) is 0 Å². The molecule has 0 aliphatic carbocycles. The van der Waals surface area contributed by atoms with Crippen molar-refractivity contribution in [3.05, 3.63) is 62.2 Å². The highest BCUT2D eigenvalue weighted by Gasteiger charge is 2.16. The summed E-state index contributed by atoms with van der Waals surface area (Å²) in [5.74, 6) is 0. The molecule has 5 heteroatoms. The van der Waals surface area contributed by atoms with Gasteiger partial charge in [0.25, 0.3) is 0 Å². The largest absolute Gasteiger partial charge is 0.273 e. The van der Waals surface area contributed by atoms with Crippen molar-refractivity contribution in [2.45, 2.75) is 25.2 Å². The van der Waals surface area contributed by atoms with Gasteiger partial charge in [0.15, 0.2) is 0 Å². The summed E-state index contributed by atoms with van der Waals surface area (Å²) in [5, 5.41) is 12.1. The first-order valence-electron chi connectivity index (χ1n) is 6.31. The van der Waals surface area contributed by atoms with Gasteiger partial charge in [-0.1, -0.05) is 12.2 Å². The van der Waals surface area contributed by atoms with Gasteiger partial charge in [0, 0.05) is 37.6 Å². The second-order valence-electron chi connectivity index (χ2n) is 4.22. The predicted octanol–water partition coefficient (Wildman–Crippen LogP) is 2.52. The SMILES string of the molecule is C=CCC(NC(CC=C)n1cccn1)n1cccn1. The van der Waals surface area contributed by atoms with Crippen LogP contribution in [0.25, 0.3) is 0 Å². The number of rotatable bonds is 8. The van der Waals surface area contributed by atoms with E-state index in [9.17, 15) is 0 Å². The zero-order valence-electron chi connectivity index (χ0n) is 10.9. The molecule has 0 bridgehead atoms. The average Bonchev–Trinajstić information content (AvgIpc) is 3.10. The van der Waals surface area contributed by atoms with E-state index in [-0.39, 0.29) is 12.3 Å². The molecular formula is C14H19N5. The summed E-state index contributed by atoms with van der Waals surface area (Å²) >= 11 is 0. The van der Waals surface area contributed by atoms with Crippen LogP contribution in [-0.2, 0) is 0 Å². The maximum Gasteiger partial charge on any atom is 0.106 e. The normalized spacial score (nSPS) is 13.9. The standard InChI is InChI=1S/C14H19N5/c1-3-7-13(18-11-5-9-15-18)17-14(8-4-2)19-12-6-10-16-19/h3-6,9-14,17H,1-2,7-8H2. The summed E-state index contributed by atoms with van der Waals surface area (Å²) in [6, 6.07) is 3.82. The molecule has 0 saturated heterocycles. The van der Waals surface area contributed by atoms with Crippen molar-refractivity contribution in [2.24, 2.45) is 0 Å². The van der Waals surface area contributed by atoms with Crippen molar-refractivity contribution in [3.63, 3.8) is 0 Å². The Hall–Kier alpha value is -2.14. The summed E-state index contributed by atoms with van der Waals surface area (Å²) in [5.41, 5.74) is 0. The maximum absolute atomic E-state index is 4.28. The van der Waals surface area contributed by atoms with Crippen LogP contribution in [0.15, 0.2) is 62.2 Å². The summed E-state index contributed by atoms with van der Waals surface area (Å²) < 4.78 is 3.78.